The largest absolute Gasteiger partial charge is 0.396 e. The molecule has 0 aliphatic carbocycles. The number of nitrogens with one attached hydrogen (secondary N) is 1. The maximum Gasteiger partial charge on any atom is 0.146 e. The van der Waals surface area contributed by atoms with Crippen LogP contribution in [-0.2, 0) is 6.54 Å². The van der Waals surface area contributed by atoms with Gasteiger partial charge in [-0.3, -0.25) is 0 Å². The van der Waals surface area contributed by atoms with Crippen molar-refractivity contribution in [2.24, 2.45) is 0 Å². The Hall–Kier alpha value is -1.46. The van der Waals surface area contributed by atoms with Crippen LogP contribution in [0.15, 0.2) is 23.6 Å². The second-order valence-electron chi connectivity index (χ2n) is 4.24. The summed E-state index contributed by atoms with van der Waals surface area (Å²) in [5.41, 5.74) is 7.69. The van der Waals surface area contributed by atoms with Crippen LogP contribution in [0, 0.1) is 12.7 Å². The SMILES string of the molecule is Cc1csc(C(C)NCc2cccc(F)c2N)n1. The van der Waals surface area contributed by atoms with Gasteiger partial charge in [0.25, 0.3) is 0 Å². The van der Waals surface area contributed by atoms with Gasteiger partial charge in [-0.05, 0) is 25.5 Å². The molecule has 1 heterocycles. The van der Waals surface area contributed by atoms with Gasteiger partial charge < -0.3 is 11.1 Å². The van der Waals surface area contributed by atoms with Crippen molar-refractivity contribution in [2.45, 2.75) is 26.4 Å². The van der Waals surface area contributed by atoms with Crippen LogP contribution in [0.25, 0.3) is 0 Å². The number of hydrogen-bond acceptors (Lipinski definition) is 4. The van der Waals surface area contributed by atoms with Gasteiger partial charge in [0, 0.05) is 17.6 Å². The van der Waals surface area contributed by atoms with E-state index in [1.165, 1.54) is 6.07 Å². The van der Waals surface area contributed by atoms with Crippen LogP contribution >= 0.6 is 11.3 Å². The Bertz CT molecular complexity index is 539. The standard InChI is InChI=1S/C13H16FN3S/c1-8-7-18-13(17-8)9(2)16-6-10-4-3-5-11(14)12(10)15/h3-5,7,9,16H,6,15H2,1-2H3. The van der Waals surface area contributed by atoms with Gasteiger partial charge in [-0.15, -0.1) is 11.3 Å². The van der Waals surface area contributed by atoms with Crippen molar-refractivity contribution in [1.29, 1.82) is 0 Å². The predicted molar refractivity (Wildman–Crippen MR) is 72.9 cm³/mol. The molecule has 3 nitrogen and oxygen atoms in total. The second-order valence-corrected chi connectivity index (χ2v) is 5.13. The van der Waals surface area contributed by atoms with E-state index in [-0.39, 0.29) is 17.5 Å². The molecule has 0 aliphatic rings. The molecule has 2 rings (SSSR count). The predicted octanol–water partition coefficient (Wildman–Crippen LogP) is 3.02. The molecular formula is C13H16FN3S. The third kappa shape index (κ3) is 2.86. The van der Waals surface area contributed by atoms with Crippen molar-refractivity contribution < 1.29 is 4.39 Å². The summed E-state index contributed by atoms with van der Waals surface area (Å²) in [4.78, 5) is 4.41. The lowest BCUT2D eigenvalue weighted by atomic mass is 10.1. The number of para-hydroxylation sites is 1. The summed E-state index contributed by atoms with van der Waals surface area (Å²) >= 11 is 1.62. The van der Waals surface area contributed by atoms with Gasteiger partial charge in [-0.1, -0.05) is 12.1 Å². The molecule has 1 aromatic heterocycles. The lowest BCUT2D eigenvalue weighted by Gasteiger charge is -2.12. The number of aromatic nitrogens is 1. The molecule has 0 amide bonds. The summed E-state index contributed by atoms with van der Waals surface area (Å²) in [6.45, 7) is 4.54. The topological polar surface area (TPSA) is 50.9 Å². The Balaban J connectivity index is 2.01. The monoisotopic (exact) mass is 265 g/mol. The Morgan fingerprint density at radius 2 is 2.28 bits per heavy atom. The summed E-state index contributed by atoms with van der Waals surface area (Å²) in [7, 11) is 0. The number of anilines is 1. The minimum Gasteiger partial charge on any atom is -0.396 e. The quantitative estimate of drug-likeness (QED) is 0.835. The van der Waals surface area contributed by atoms with Crippen molar-refractivity contribution in [3.63, 3.8) is 0 Å². The summed E-state index contributed by atoms with van der Waals surface area (Å²) in [5.74, 6) is -0.368. The lowest BCUT2D eigenvalue weighted by molar-refractivity contribution is 0.568. The molecule has 0 saturated carbocycles. The number of nitrogens with two attached hydrogens (primary N) is 1. The molecule has 1 atom stereocenters. The fourth-order valence-corrected chi connectivity index (χ4v) is 2.49. The highest BCUT2D eigenvalue weighted by molar-refractivity contribution is 7.09. The highest BCUT2D eigenvalue weighted by Gasteiger charge is 2.10. The zero-order valence-corrected chi connectivity index (χ0v) is 11.2. The highest BCUT2D eigenvalue weighted by Crippen LogP contribution is 2.20. The number of benzene rings is 1. The van der Waals surface area contributed by atoms with E-state index >= 15 is 0 Å². The van der Waals surface area contributed by atoms with Gasteiger partial charge in [0.05, 0.1) is 11.7 Å². The number of thiazole rings is 1. The van der Waals surface area contributed by atoms with Gasteiger partial charge >= 0.3 is 0 Å². The molecule has 0 saturated heterocycles. The number of rotatable bonds is 4. The number of nitrogen functional groups attached to an aromatic ring is 1. The maximum absolute atomic E-state index is 13.3. The third-order valence-corrected chi connectivity index (χ3v) is 3.89. The van der Waals surface area contributed by atoms with E-state index in [1.54, 1.807) is 17.4 Å². The molecule has 0 fully saturated rings. The van der Waals surface area contributed by atoms with E-state index in [4.69, 9.17) is 5.73 Å². The van der Waals surface area contributed by atoms with Gasteiger partial charge in [0.15, 0.2) is 0 Å². The summed E-state index contributed by atoms with van der Waals surface area (Å²) in [5, 5.41) is 6.35. The Labute approximate surface area is 110 Å². The van der Waals surface area contributed by atoms with E-state index < -0.39 is 0 Å². The van der Waals surface area contributed by atoms with E-state index in [2.05, 4.69) is 10.3 Å². The number of nitrogens with zero attached hydrogens (tertiary/aromatic N) is 1. The smallest absolute Gasteiger partial charge is 0.146 e. The van der Waals surface area contributed by atoms with Gasteiger partial charge in [-0.2, -0.15) is 0 Å². The van der Waals surface area contributed by atoms with Crippen LogP contribution < -0.4 is 11.1 Å². The van der Waals surface area contributed by atoms with Gasteiger partial charge in [0.1, 0.15) is 10.8 Å². The third-order valence-electron chi connectivity index (χ3n) is 2.75. The Kier molecular flexibility index (Phi) is 3.93. The van der Waals surface area contributed by atoms with Gasteiger partial charge in [-0.25, -0.2) is 9.37 Å². The molecule has 5 heteroatoms. The molecule has 18 heavy (non-hydrogen) atoms. The van der Waals surface area contributed by atoms with Crippen molar-refractivity contribution >= 4 is 17.0 Å². The maximum atomic E-state index is 13.3. The number of aryl methyl sites for hydroxylation is 1. The molecule has 3 N–H and O–H groups in total. The normalized spacial score (nSPS) is 12.6. The zero-order chi connectivity index (χ0) is 13.1. The first-order chi connectivity index (χ1) is 8.58. The fraction of sp³-hybridized carbons (Fsp3) is 0.308. The molecule has 96 valence electrons. The molecular weight excluding hydrogens is 249 g/mol. The first kappa shape index (κ1) is 13.0. The van der Waals surface area contributed by atoms with E-state index in [9.17, 15) is 4.39 Å². The van der Waals surface area contributed by atoms with Crippen LogP contribution in [-0.4, -0.2) is 4.98 Å². The van der Waals surface area contributed by atoms with Crippen molar-refractivity contribution in [3.05, 3.63) is 45.7 Å². The van der Waals surface area contributed by atoms with E-state index in [1.807, 2.05) is 25.3 Å². The first-order valence-corrected chi connectivity index (χ1v) is 6.64. The van der Waals surface area contributed by atoms with Crippen LogP contribution in [0.3, 0.4) is 0 Å². The summed E-state index contributed by atoms with van der Waals surface area (Å²) in [6, 6.07) is 4.99. The Morgan fingerprint density at radius 3 is 2.94 bits per heavy atom. The van der Waals surface area contributed by atoms with Crippen LogP contribution in [0.1, 0.15) is 29.2 Å². The van der Waals surface area contributed by atoms with Crippen LogP contribution in [0.4, 0.5) is 10.1 Å². The molecule has 0 bridgehead atoms. The molecule has 0 radical (unpaired) electrons. The van der Waals surface area contributed by atoms with Crippen molar-refractivity contribution in [1.82, 2.24) is 10.3 Å². The molecule has 2 aromatic rings. The summed E-state index contributed by atoms with van der Waals surface area (Å²) < 4.78 is 13.3. The zero-order valence-electron chi connectivity index (χ0n) is 10.4. The van der Waals surface area contributed by atoms with E-state index in [0.717, 1.165) is 16.3 Å². The van der Waals surface area contributed by atoms with Crippen molar-refractivity contribution in [2.75, 3.05) is 5.73 Å². The average Bonchev–Trinajstić information content (AvgIpc) is 2.77. The molecule has 0 aliphatic heterocycles. The van der Waals surface area contributed by atoms with Gasteiger partial charge in [0.2, 0.25) is 0 Å². The number of hydrogen-bond donors (Lipinski definition) is 2. The lowest BCUT2D eigenvalue weighted by Crippen LogP contribution is -2.19. The van der Waals surface area contributed by atoms with Crippen LogP contribution in [0.5, 0.6) is 0 Å². The first-order valence-electron chi connectivity index (χ1n) is 5.76. The second kappa shape index (κ2) is 5.46. The summed E-state index contributed by atoms with van der Waals surface area (Å²) in [6.07, 6.45) is 0. The minimum absolute atomic E-state index is 0.131. The Morgan fingerprint density at radius 1 is 1.50 bits per heavy atom. The van der Waals surface area contributed by atoms with E-state index in [0.29, 0.717) is 6.54 Å². The van der Waals surface area contributed by atoms with Crippen LogP contribution in [0.2, 0.25) is 0 Å². The average molecular weight is 265 g/mol. The highest BCUT2D eigenvalue weighted by atomic mass is 32.1. The number of halogens is 1. The van der Waals surface area contributed by atoms with Crippen molar-refractivity contribution in [3.8, 4) is 0 Å². The fourth-order valence-electron chi connectivity index (χ4n) is 1.66. The minimum atomic E-state index is -0.368. The molecule has 0 spiro atoms. The molecule has 1 unspecified atom stereocenters. The molecule has 1 aromatic carbocycles.